The summed E-state index contributed by atoms with van der Waals surface area (Å²) in [5, 5.41) is 5.95. The third kappa shape index (κ3) is 22.3. The molecule has 0 radical (unpaired) electrons. The number of aryl methyl sites for hydroxylation is 1. The number of nitrogens with zero attached hydrogens (tertiary/aromatic N) is 5. The number of halogens is 3. The summed E-state index contributed by atoms with van der Waals surface area (Å²) >= 11 is 0. The summed E-state index contributed by atoms with van der Waals surface area (Å²) in [5.74, 6) is -2.10. The average molecular weight is 933 g/mol. The van der Waals surface area contributed by atoms with Crippen LogP contribution in [-0.4, -0.2) is 127 Å². The highest BCUT2D eigenvalue weighted by molar-refractivity contribution is 5.88. The lowest BCUT2D eigenvalue weighted by molar-refractivity contribution is -0.274. The minimum Gasteiger partial charge on any atom is -0.491 e. The number of ether oxygens (including phenoxy) is 8. The molecule has 2 aromatic carbocycles. The summed E-state index contributed by atoms with van der Waals surface area (Å²) in [7, 11) is 1.21. The van der Waals surface area contributed by atoms with Crippen LogP contribution in [0.15, 0.2) is 65.9 Å². The van der Waals surface area contributed by atoms with E-state index < -0.39 is 41.6 Å². The van der Waals surface area contributed by atoms with E-state index in [1.807, 2.05) is 6.92 Å². The molecule has 0 bridgehead atoms. The normalized spacial score (nSPS) is 11.8. The highest BCUT2D eigenvalue weighted by Crippen LogP contribution is 2.38. The zero-order chi connectivity index (χ0) is 48.4. The van der Waals surface area contributed by atoms with E-state index in [1.165, 1.54) is 24.1 Å². The van der Waals surface area contributed by atoms with Gasteiger partial charge in [-0.15, -0.1) is 13.2 Å². The Morgan fingerprint density at radius 3 is 2.08 bits per heavy atom. The van der Waals surface area contributed by atoms with Crippen LogP contribution in [0, 0.1) is 6.92 Å². The van der Waals surface area contributed by atoms with Gasteiger partial charge in [-0.1, -0.05) is 29.4 Å². The van der Waals surface area contributed by atoms with E-state index in [0.717, 1.165) is 11.6 Å². The van der Waals surface area contributed by atoms with Gasteiger partial charge in [-0.3, -0.25) is 19.3 Å². The van der Waals surface area contributed by atoms with Crippen LogP contribution < -0.4 is 19.7 Å². The van der Waals surface area contributed by atoms with Gasteiger partial charge in [-0.05, 0) is 80.6 Å². The van der Waals surface area contributed by atoms with E-state index in [4.69, 9.17) is 38.7 Å². The van der Waals surface area contributed by atoms with E-state index in [2.05, 4.69) is 25.1 Å². The van der Waals surface area contributed by atoms with Crippen molar-refractivity contribution >= 4 is 29.6 Å². The van der Waals surface area contributed by atoms with Crippen LogP contribution >= 0.6 is 0 Å². The molecule has 21 heteroatoms. The number of benzene rings is 2. The Kier molecular flexibility index (Phi) is 23.7. The third-order valence-corrected chi connectivity index (χ3v) is 9.06. The van der Waals surface area contributed by atoms with Gasteiger partial charge in [0.05, 0.1) is 72.9 Å². The van der Waals surface area contributed by atoms with Gasteiger partial charge >= 0.3 is 18.4 Å². The molecule has 0 saturated heterocycles. The molecule has 2 amide bonds. The first-order valence-electron chi connectivity index (χ1n) is 21.2. The van der Waals surface area contributed by atoms with Crippen molar-refractivity contribution in [2.75, 3.05) is 91.1 Å². The van der Waals surface area contributed by atoms with Crippen molar-refractivity contribution in [3.05, 3.63) is 82.4 Å². The number of Topliss-reactive ketones (excluding diaryl/α,β-unsaturated/α-hetero) is 1. The first-order valence-corrected chi connectivity index (χ1v) is 21.2. The van der Waals surface area contributed by atoms with Crippen molar-refractivity contribution in [3.8, 4) is 22.6 Å². The lowest BCUT2D eigenvalue weighted by Crippen LogP contribution is -2.38. The average Bonchev–Trinajstić information content (AvgIpc) is 3.25. The maximum Gasteiger partial charge on any atom is 0.573 e. The van der Waals surface area contributed by atoms with Crippen LogP contribution in [0.2, 0.25) is 0 Å². The number of carbonyl (C=O) groups excluding carboxylic acids is 4. The van der Waals surface area contributed by atoms with E-state index in [9.17, 15) is 32.3 Å². The van der Waals surface area contributed by atoms with Crippen LogP contribution in [0.25, 0.3) is 21.6 Å². The van der Waals surface area contributed by atoms with Gasteiger partial charge in [0.25, 0.3) is 0 Å². The summed E-state index contributed by atoms with van der Waals surface area (Å²) in [5.41, 5.74) is 9.33. The van der Waals surface area contributed by atoms with E-state index in [1.54, 1.807) is 63.4 Å². The molecular weight excluding hydrogens is 874 g/mol. The molecule has 66 heavy (non-hydrogen) atoms. The van der Waals surface area contributed by atoms with E-state index >= 15 is 0 Å². The highest BCUT2D eigenvalue weighted by Gasteiger charge is 2.33. The fourth-order valence-corrected chi connectivity index (χ4v) is 6.01. The standard InChI is InChI=1S/C45H59F3N6O12/c1-32-14-15-50-40(27-32)54(43(58)66-44(2,3)4)17-6-7-41(56)51-31-36(55)28-35(29-42(57)59-5)33-8-10-34(11-9-33)38-13-12-37(30-39(38)65-45(46,47)48)64-26-25-63-24-23-62-22-21-61-20-19-60-18-16-52-53-49/h8-15,27,30,35H,6-7,16-26,28-29,31H2,1-5H3,(H,51,56)/t35-/m0/s1. The zero-order valence-electron chi connectivity index (χ0n) is 37.9. The minimum absolute atomic E-state index is 0.0101. The smallest absolute Gasteiger partial charge is 0.491 e. The quantitative estimate of drug-likeness (QED) is 0.0223. The molecule has 0 aliphatic carbocycles. The molecule has 1 heterocycles. The predicted molar refractivity (Wildman–Crippen MR) is 235 cm³/mol. The Balaban J connectivity index is 1.52. The molecule has 1 N–H and O–H groups in total. The van der Waals surface area contributed by atoms with Crippen molar-refractivity contribution in [2.45, 2.75) is 71.3 Å². The molecule has 18 nitrogen and oxygen atoms in total. The van der Waals surface area contributed by atoms with Crippen LogP contribution in [-0.2, 0) is 42.8 Å². The number of hydrogen-bond acceptors (Lipinski definition) is 14. The number of esters is 1. The number of alkyl halides is 3. The van der Waals surface area contributed by atoms with Crippen molar-refractivity contribution in [1.82, 2.24) is 10.3 Å². The topological polar surface area (TPSA) is 219 Å². The maximum absolute atomic E-state index is 13.5. The first kappa shape index (κ1) is 54.3. The van der Waals surface area contributed by atoms with Crippen molar-refractivity contribution in [1.29, 1.82) is 0 Å². The molecule has 1 aromatic heterocycles. The summed E-state index contributed by atoms with van der Waals surface area (Å²) < 4.78 is 82.5. The van der Waals surface area contributed by atoms with Crippen LogP contribution in [0.5, 0.6) is 11.5 Å². The SMILES string of the molecule is COC(=O)C[C@H](CC(=O)CNC(=O)CCCN(C(=O)OC(C)(C)C)c1cc(C)ccn1)c1ccc(-c2ccc(OCCOCCOCCOCCOCCN=[N+]=[N-])cc2OC(F)(F)F)cc1. The predicted octanol–water partition coefficient (Wildman–Crippen LogP) is 7.66. The fraction of sp³-hybridized carbons (Fsp3) is 0.533. The molecule has 0 unspecified atom stereocenters. The second-order valence-electron chi connectivity index (χ2n) is 15.5. The van der Waals surface area contributed by atoms with Gasteiger partial charge in [-0.2, -0.15) is 0 Å². The number of anilines is 1. The molecule has 0 aliphatic heterocycles. The van der Waals surface area contributed by atoms with E-state index in [-0.39, 0.29) is 88.8 Å². The van der Waals surface area contributed by atoms with Crippen molar-refractivity contribution < 1.29 is 70.2 Å². The molecule has 362 valence electrons. The molecule has 0 saturated carbocycles. The Morgan fingerprint density at radius 1 is 0.848 bits per heavy atom. The monoisotopic (exact) mass is 932 g/mol. The van der Waals surface area contributed by atoms with Crippen LogP contribution in [0.1, 0.15) is 63.5 Å². The van der Waals surface area contributed by atoms with Gasteiger partial charge < -0.3 is 43.2 Å². The number of amides is 2. The summed E-state index contributed by atoms with van der Waals surface area (Å²) in [6.45, 7) is 9.57. The number of hydrogen-bond donors (Lipinski definition) is 1. The lowest BCUT2D eigenvalue weighted by Gasteiger charge is -2.27. The number of methoxy groups -OCH3 is 1. The Labute approximate surface area is 381 Å². The summed E-state index contributed by atoms with van der Waals surface area (Å²) in [6.07, 6.45) is -4.15. The zero-order valence-corrected chi connectivity index (χ0v) is 37.9. The molecule has 3 rings (SSSR count). The van der Waals surface area contributed by atoms with Crippen LogP contribution in [0.3, 0.4) is 0 Å². The van der Waals surface area contributed by atoms with Gasteiger partial charge in [-0.25, -0.2) is 9.78 Å². The Hall–Kier alpha value is -5.99. The number of pyridine rings is 1. The van der Waals surface area contributed by atoms with Crippen molar-refractivity contribution in [2.24, 2.45) is 5.11 Å². The Morgan fingerprint density at radius 2 is 1.48 bits per heavy atom. The summed E-state index contributed by atoms with van der Waals surface area (Å²) in [4.78, 5) is 59.5. The summed E-state index contributed by atoms with van der Waals surface area (Å²) in [6, 6.07) is 13.8. The number of carbonyl (C=O) groups is 4. The first-order chi connectivity index (χ1) is 31.5. The van der Waals surface area contributed by atoms with Crippen molar-refractivity contribution in [3.63, 3.8) is 0 Å². The van der Waals surface area contributed by atoms with E-state index in [0.29, 0.717) is 50.0 Å². The molecule has 0 aliphatic rings. The molecule has 0 fully saturated rings. The third-order valence-electron chi connectivity index (χ3n) is 9.06. The largest absolute Gasteiger partial charge is 0.573 e. The minimum atomic E-state index is -5.01. The number of azide groups is 1. The number of ketones is 1. The van der Waals surface area contributed by atoms with Gasteiger partial charge in [0.1, 0.15) is 29.5 Å². The van der Waals surface area contributed by atoms with Gasteiger partial charge in [0.2, 0.25) is 5.91 Å². The highest BCUT2D eigenvalue weighted by atomic mass is 19.4. The second-order valence-corrected chi connectivity index (χ2v) is 15.5. The lowest BCUT2D eigenvalue weighted by atomic mass is 9.89. The molecular formula is C45H59F3N6O12. The number of aromatic nitrogens is 1. The number of rotatable bonds is 30. The maximum atomic E-state index is 13.5. The van der Waals surface area contributed by atoms with Gasteiger partial charge in [0.15, 0.2) is 5.78 Å². The molecule has 3 aromatic rings. The second kappa shape index (κ2) is 28.8. The number of nitrogens with one attached hydrogen (secondary N) is 1. The Bertz CT molecular complexity index is 2030. The van der Waals surface area contributed by atoms with Crippen LogP contribution in [0.4, 0.5) is 23.8 Å². The molecule has 1 atom stereocenters. The van der Waals surface area contributed by atoms with Gasteiger partial charge in [0, 0.05) is 54.6 Å². The fourth-order valence-electron chi connectivity index (χ4n) is 6.01. The molecule has 0 spiro atoms.